The van der Waals surface area contributed by atoms with Gasteiger partial charge in [0.15, 0.2) is 0 Å². The van der Waals surface area contributed by atoms with Crippen LogP contribution in [0.25, 0.3) is 0 Å². The summed E-state index contributed by atoms with van der Waals surface area (Å²) in [6.07, 6.45) is 11.8. The number of anilines is 1. The molecule has 114 valence electrons. The van der Waals surface area contributed by atoms with Crippen LogP contribution in [-0.2, 0) is 11.2 Å². The highest BCUT2D eigenvalue weighted by Gasteiger charge is 2.40. The van der Waals surface area contributed by atoms with E-state index in [2.05, 4.69) is 29.6 Å². The molecule has 3 aliphatic rings. The lowest BCUT2D eigenvalue weighted by atomic mass is 9.80. The number of fused-ring (bicyclic) bond motifs is 1. The second-order valence-electron chi connectivity index (χ2n) is 7.37. The molecule has 21 heavy (non-hydrogen) atoms. The Morgan fingerprint density at radius 1 is 1.14 bits per heavy atom. The van der Waals surface area contributed by atoms with Gasteiger partial charge >= 0.3 is 0 Å². The first-order chi connectivity index (χ1) is 10.3. The van der Waals surface area contributed by atoms with Gasteiger partial charge in [-0.15, -0.1) is 0 Å². The van der Waals surface area contributed by atoms with Crippen LogP contribution in [0.3, 0.4) is 0 Å². The van der Waals surface area contributed by atoms with Crippen molar-refractivity contribution in [3.05, 3.63) is 29.8 Å². The summed E-state index contributed by atoms with van der Waals surface area (Å²) in [7, 11) is 0. The number of benzene rings is 1. The van der Waals surface area contributed by atoms with Crippen molar-refractivity contribution in [2.45, 2.75) is 69.4 Å². The minimum Gasteiger partial charge on any atom is -0.382 e. The summed E-state index contributed by atoms with van der Waals surface area (Å²) in [5.41, 5.74) is 3.14. The van der Waals surface area contributed by atoms with E-state index in [0.717, 1.165) is 12.5 Å². The normalized spacial score (nSPS) is 30.9. The Morgan fingerprint density at radius 2 is 2.00 bits per heavy atom. The maximum absolute atomic E-state index is 6.18. The second-order valence-corrected chi connectivity index (χ2v) is 7.37. The molecule has 1 spiro atoms. The highest BCUT2D eigenvalue weighted by atomic mass is 16.5. The van der Waals surface area contributed by atoms with Crippen molar-refractivity contribution in [3.8, 4) is 0 Å². The number of nitrogens with one attached hydrogen (secondary N) is 1. The second kappa shape index (κ2) is 5.64. The maximum atomic E-state index is 6.18. The van der Waals surface area contributed by atoms with Crippen LogP contribution in [0.2, 0.25) is 0 Å². The Hall–Kier alpha value is -1.02. The standard InChI is InChI=1S/C19H27NO/c1-2-6-18-16(5-1)7-8-17(20-18)13-15-9-12-21-19(14-15)10-3-4-11-19/h1-2,5-6,15,17,20H,3-4,7-14H2. The molecular weight excluding hydrogens is 258 g/mol. The summed E-state index contributed by atoms with van der Waals surface area (Å²) < 4.78 is 6.18. The summed E-state index contributed by atoms with van der Waals surface area (Å²) in [6, 6.07) is 9.48. The van der Waals surface area contributed by atoms with Gasteiger partial charge in [-0.3, -0.25) is 0 Å². The molecule has 2 fully saturated rings. The van der Waals surface area contributed by atoms with Crippen LogP contribution in [0.5, 0.6) is 0 Å². The molecular formula is C19H27NO. The highest BCUT2D eigenvalue weighted by Crippen LogP contribution is 2.43. The molecule has 4 rings (SSSR count). The number of hydrogen-bond donors (Lipinski definition) is 1. The van der Waals surface area contributed by atoms with E-state index in [9.17, 15) is 0 Å². The maximum Gasteiger partial charge on any atom is 0.0685 e. The number of hydrogen-bond acceptors (Lipinski definition) is 2. The molecule has 1 saturated heterocycles. The Bertz CT molecular complexity index is 492. The fraction of sp³-hybridized carbons (Fsp3) is 0.684. The molecule has 0 amide bonds. The lowest BCUT2D eigenvalue weighted by Gasteiger charge is -2.40. The van der Waals surface area contributed by atoms with E-state index in [1.807, 2.05) is 0 Å². The van der Waals surface area contributed by atoms with E-state index in [4.69, 9.17) is 4.74 Å². The molecule has 0 bridgehead atoms. The predicted octanol–water partition coefficient (Wildman–Crippen LogP) is 4.54. The fourth-order valence-electron chi connectivity index (χ4n) is 4.78. The van der Waals surface area contributed by atoms with Crippen molar-refractivity contribution in [1.29, 1.82) is 0 Å². The predicted molar refractivity (Wildman–Crippen MR) is 86.7 cm³/mol. The van der Waals surface area contributed by atoms with Gasteiger partial charge < -0.3 is 10.1 Å². The van der Waals surface area contributed by atoms with Crippen LogP contribution < -0.4 is 5.32 Å². The zero-order valence-electron chi connectivity index (χ0n) is 12.9. The van der Waals surface area contributed by atoms with Gasteiger partial charge in [-0.2, -0.15) is 0 Å². The molecule has 0 radical (unpaired) electrons. The molecule has 1 aliphatic carbocycles. The lowest BCUT2D eigenvalue weighted by Crippen LogP contribution is -2.39. The van der Waals surface area contributed by atoms with Crippen LogP contribution in [0.15, 0.2) is 24.3 Å². The van der Waals surface area contributed by atoms with Gasteiger partial charge in [-0.25, -0.2) is 0 Å². The van der Waals surface area contributed by atoms with Crippen molar-refractivity contribution in [3.63, 3.8) is 0 Å². The van der Waals surface area contributed by atoms with E-state index in [1.165, 1.54) is 69.0 Å². The van der Waals surface area contributed by atoms with E-state index in [0.29, 0.717) is 6.04 Å². The molecule has 1 aromatic carbocycles. The number of rotatable bonds is 2. The van der Waals surface area contributed by atoms with Crippen LogP contribution in [0, 0.1) is 5.92 Å². The van der Waals surface area contributed by atoms with Crippen molar-refractivity contribution < 1.29 is 4.74 Å². The highest BCUT2D eigenvalue weighted by molar-refractivity contribution is 5.53. The van der Waals surface area contributed by atoms with Crippen molar-refractivity contribution in [2.75, 3.05) is 11.9 Å². The zero-order chi connectivity index (χ0) is 14.1. The number of ether oxygens (including phenoxy) is 1. The first-order valence-electron chi connectivity index (χ1n) is 8.81. The van der Waals surface area contributed by atoms with Crippen LogP contribution in [0.4, 0.5) is 5.69 Å². The van der Waals surface area contributed by atoms with Gasteiger partial charge in [0.2, 0.25) is 0 Å². The number of para-hydroxylation sites is 1. The van der Waals surface area contributed by atoms with E-state index in [-0.39, 0.29) is 5.60 Å². The zero-order valence-corrected chi connectivity index (χ0v) is 12.9. The first kappa shape index (κ1) is 13.6. The summed E-state index contributed by atoms with van der Waals surface area (Å²) in [5.74, 6) is 0.861. The minimum absolute atomic E-state index is 0.273. The Morgan fingerprint density at radius 3 is 2.90 bits per heavy atom. The van der Waals surface area contributed by atoms with Crippen LogP contribution in [-0.4, -0.2) is 18.2 Å². The third-order valence-corrected chi connectivity index (χ3v) is 5.87. The molecule has 1 aromatic rings. The number of aryl methyl sites for hydroxylation is 1. The monoisotopic (exact) mass is 285 g/mol. The molecule has 2 aliphatic heterocycles. The Balaban J connectivity index is 1.38. The van der Waals surface area contributed by atoms with Gasteiger partial charge in [-0.1, -0.05) is 31.0 Å². The van der Waals surface area contributed by atoms with Crippen molar-refractivity contribution >= 4 is 5.69 Å². The Kier molecular flexibility index (Phi) is 3.66. The smallest absolute Gasteiger partial charge is 0.0685 e. The van der Waals surface area contributed by atoms with Gasteiger partial charge in [-0.05, 0) is 62.5 Å². The van der Waals surface area contributed by atoms with Gasteiger partial charge in [0.1, 0.15) is 0 Å². The van der Waals surface area contributed by atoms with Crippen LogP contribution in [0.1, 0.15) is 56.9 Å². The van der Waals surface area contributed by atoms with Crippen molar-refractivity contribution in [2.24, 2.45) is 5.92 Å². The molecule has 1 saturated carbocycles. The SMILES string of the molecule is c1ccc2c(c1)CCC(CC1CCOC3(CCCC3)C1)N2. The molecule has 2 heterocycles. The molecule has 1 N–H and O–H groups in total. The van der Waals surface area contributed by atoms with E-state index >= 15 is 0 Å². The van der Waals surface area contributed by atoms with Crippen LogP contribution >= 0.6 is 0 Å². The topological polar surface area (TPSA) is 21.3 Å². The van der Waals surface area contributed by atoms with Gasteiger partial charge in [0.05, 0.1) is 5.60 Å². The largest absolute Gasteiger partial charge is 0.382 e. The summed E-state index contributed by atoms with van der Waals surface area (Å²) >= 11 is 0. The quantitative estimate of drug-likeness (QED) is 0.861. The average Bonchev–Trinajstić information content (AvgIpc) is 2.95. The fourth-order valence-corrected chi connectivity index (χ4v) is 4.78. The third-order valence-electron chi connectivity index (χ3n) is 5.87. The Labute approximate surface area is 128 Å². The van der Waals surface area contributed by atoms with Crippen molar-refractivity contribution in [1.82, 2.24) is 0 Å². The summed E-state index contributed by atoms with van der Waals surface area (Å²) in [6.45, 7) is 0.994. The van der Waals surface area contributed by atoms with Gasteiger partial charge in [0, 0.05) is 18.3 Å². The minimum atomic E-state index is 0.273. The van der Waals surface area contributed by atoms with Gasteiger partial charge in [0.25, 0.3) is 0 Å². The molecule has 0 aromatic heterocycles. The van der Waals surface area contributed by atoms with E-state index in [1.54, 1.807) is 0 Å². The third kappa shape index (κ3) is 2.83. The molecule has 2 heteroatoms. The average molecular weight is 285 g/mol. The van der Waals surface area contributed by atoms with E-state index < -0.39 is 0 Å². The molecule has 2 nitrogen and oxygen atoms in total. The summed E-state index contributed by atoms with van der Waals surface area (Å²) in [4.78, 5) is 0. The lowest BCUT2D eigenvalue weighted by molar-refractivity contribution is -0.0942. The molecule has 2 unspecified atom stereocenters. The first-order valence-corrected chi connectivity index (χ1v) is 8.81. The summed E-state index contributed by atoms with van der Waals surface area (Å²) in [5, 5.41) is 3.78. The molecule has 2 atom stereocenters.